The molecule has 1 saturated carbocycles. The van der Waals surface area contributed by atoms with E-state index in [1.54, 1.807) is 0 Å². The standard InChI is InChI=1S/C14H19N5O3/c1-7(2)6-18-10-5-9(15)17-19(10)14(22)11(13(18)21)12(20)16-8-3-4-8/h5,7-8,21H,3-4,6H2,1-2H3,(H2,15,17)(H,16,20). The van der Waals surface area contributed by atoms with Crippen molar-refractivity contribution in [3.05, 3.63) is 22.0 Å². The van der Waals surface area contributed by atoms with Gasteiger partial charge < -0.3 is 16.2 Å². The SMILES string of the molecule is CC(C)Cn1c(O)c(C(=O)NC2CC2)c(=O)n2nc(N)cc12. The summed E-state index contributed by atoms with van der Waals surface area (Å²) in [5, 5.41) is 17.1. The fourth-order valence-corrected chi connectivity index (χ4v) is 2.40. The number of nitrogens with zero attached hydrogens (tertiary/aromatic N) is 3. The molecule has 3 rings (SSSR count). The lowest BCUT2D eigenvalue weighted by molar-refractivity contribution is 0.0944. The van der Waals surface area contributed by atoms with Gasteiger partial charge in [-0.2, -0.15) is 4.52 Å². The lowest BCUT2D eigenvalue weighted by Gasteiger charge is -2.16. The maximum atomic E-state index is 12.5. The van der Waals surface area contributed by atoms with Crippen LogP contribution >= 0.6 is 0 Å². The highest BCUT2D eigenvalue weighted by atomic mass is 16.3. The van der Waals surface area contributed by atoms with Crippen molar-refractivity contribution in [2.75, 3.05) is 5.73 Å². The van der Waals surface area contributed by atoms with Gasteiger partial charge in [-0.25, -0.2) is 0 Å². The van der Waals surface area contributed by atoms with Crippen molar-refractivity contribution in [2.45, 2.75) is 39.3 Å². The summed E-state index contributed by atoms with van der Waals surface area (Å²) in [7, 11) is 0. The molecule has 1 fully saturated rings. The van der Waals surface area contributed by atoms with Crippen LogP contribution < -0.4 is 16.6 Å². The van der Waals surface area contributed by atoms with E-state index in [4.69, 9.17) is 5.73 Å². The van der Waals surface area contributed by atoms with Crippen LogP contribution in [0.15, 0.2) is 10.9 Å². The molecule has 1 amide bonds. The third-order valence-corrected chi connectivity index (χ3v) is 3.56. The Morgan fingerprint density at radius 1 is 1.55 bits per heavy atom. The molecule has 0 aliphatic heterocycles. The molecule has 8 nitrogen and oxygen atoms in total. The number of hydrogen-bond donors (Lipinski definition) is 3. The Labute approximate surface area is 126 Å². The van der Waals surface area contributed by atoms with Crippen molar-refractivity contribution in [1.82, 2.24) is 19.5 Å². The number of aromatic hydroxyl groups is 1. The van der Waals surface area contributed by atoms with Crippen LogP contribution in [0.3, 0.4) is 0 Å². The maximum Gasteiger partial charge on any atom is 0.291 e. The second-order valence-electron chi connectivity index (χ2n) is 6.10. The van der Waals surface area contributed by atoms with Crippen LogP contribution in [0.4, 0.5) is 5.82 Å². The molecule has 22 heavy (non-hydrogen) atoms. The lowest BCUT2D eigenvalue weighted by Crippen LogP contribution is -2.34. The van der Waals surface area contributed by atoms with Crippen molar-refractivity contribution in [1.29, 1.82) is 0 Å². The summed E-state index contributed by atoms with van der Waals surface area (Å²) in [4.78, 5) is 24.7. The van der Waals surface area contributed by atoms with Crippen LogP contribution in [0.2, 0.25) is 0 Å². The third kappa shape index (κ3) is 2.40. The van der Waals surface area contributed by atoms with Gasteiger partial charge in [-0.3, -0.25) is 14.2 Å². The summed E-state index contributed by atoms with van der Waals surface area (Å²) in [6.45, 7) is 4.37. The number of carbonyl (C=O) groups is 1. The van der Waals surface area contributed by atoms with E-state index in [0.717, 1.165) is 17.4 Å². The van der Waals surface area contributed by atoms with Gasteiger partial charge in [-0.05, 0) is 18.8 Å². The molecule has 0 aromatic carbocycles. The number of fused-ring (bicyclic) bond motifs is 1. The first-order valence-electron chi connectivity index (χ1n) is 7.30. The number of anilines is 1. The van der Waals surface area contributed by atoms with Gasteiger partial charge >= 0.3 is 0 Å². The first-order chi connectivity index (χ1) is 10.4. The van der Waals surface area contributed by atoms with E-state index in [1.807, 2.05) is 13.8 Å². The van der Waals surface area contributed by atoms with Crippen molar-refractivity contribution < 1.29 is 9.90 Å². The molecule has 0 bridgehead atoms. The molecule has 2 aromatic rings. The van der Waals surface area contributed by atoms with E-state index in [-0.39, 0.29) is 29.2 Å². The second-order valence-corrected chi connectivity index (χ2v) is 6.10. The number of amides is 1. The van der Waals surface area contributed by atoms with Crippen LogP contribution in [0.25, 0.3) is 5.65 Å². The van der Waals surface area contributed by atoms with Crippen molar-refractivity contribution in [3.8, 4) is 5.88 Å². The highest BCUT2D eigenvalue weighted by Crippen LogP contribution is 2.23. The first kappa shape index (κ1) is 14.4. The summed E-state index contributed by atoms with van der Waals surface area (Å²) in [6.07, 6.45) is 1.79. The monoisotopic (exact) mass is 305 g/mol. The summed E-state index contributed by atoms with van der Waals surface area (Å²) >= 11 is 0. The minimum atomic E-state index is -0.664. The molecule has 2 heterocycles. The van der Waals surface area contributed by atoms with E-state index >= 15 is 0 Å². The Kier molecular flexibility index (Phi) is 3.31. The van der Waals surface area contributed by atoms with Gasteiger partial charge in [0.05, 0.1) is 0 Å². The van der Waals surface area contributed by atoms with Gasteiger partial charge in [0.25, 0.3) is 11.5 Å². The summed E-state index contributed by atoms with van der Waals surface area (Å²) in [6, 6.07) is 1.59. The molecule has 0 atom stereocenters. The number of hydrogen-bond acceptors (Lipinski definition) is 5. The number of nitrogens with two attached hydrogens (primary N) is 1. The first-order valence-corrected chi connectivity index (χ1v) is 7.30. The van der Waals surface area contributed by atoms with Gasteiger partial charge in [-0.15, -0.1) is 5.10 Å². The Balaban J connectivity index is 2.21. The average Bonchev–Trinajstić information content (AvgIpc) is 3.14. The summed E-state index contributed by atoms with van der Waals surface area (Å²) in [5.41, 5.74) is 5.08. The molecule has 8 heteroatoms. The van der Waals surface area contributed by atoms with E-state index in [0.29, 0.717) is 12.2 Å². The van der Waals surface area contributed by atoms with Gasteiger partial charge in [-0.1, -0.05) is 13.8 Å². The number of nitrogen functional groups attached to an aromatic ring is 1. The highest BCUT2D eigenvalue weighted by molar-refractivity contribution is 5.96. The Morgan fingerprint density at radius 3 is 2.82 bits per heavy atom. The van der Waals surface area contributed by atoms with Gasteiger partial charge in [0.1, 0.15) is 11.5 Å². The molecular weight excluding hydrogens is 286 g/mol. The molecule has 0 spiro atoms. The highest BCUT2D eigenvalue weighted by Gasteiger charge is 2.29. The smallest absolute Gasteiger partial charge is 0.291 e. The van der Waals surface area contributed by atoms with Crippen LogP contribution in [-0.4, -0.2) is 31.2 Å². The predicted molar refractivity (Wildman–Crippen MR) is 80.9 cm³/mol. The Morgan fingerprint density at radius 2 is 2.23 bits per heavy atom. The van der Waals surface area contributed by atoms with Crippen LogP contribution in [0.5, 0.6) is 5.88 Å². The van der Waals surface area contributed by atoms with E-state index < -0.39 is 11.5 Å². The number of rotatable bonds is 4. The maximum absolute atomic E-state index is 12.5. The van der Waals surface area contributed by atoms with E-state index in [2.05, 4.69) is 10.4 Å². The topological polar surface area (TPSA) is 115 Å². The zero-order chi connectivity index (χ0) is 16.0. The average molecular weight is 305 g/mol. The summed E-state index contributed by atoms with van der Waals surface area (Å²) in [5.74, 6) is -0.552. The van der Waals surface area contributed by atoms with Crippen LogP contribution in [0, 0.1) is 5.92 Å². The molecule has 0 saturated heterocycles. The Hall–Kier alpha value is -2.51. The molecule has 0 unspecified atom stereocenters. The molecule has 0 radical (unpaired) electrons. The Bertz CT molecular complexity index is 801. The second kappa shape index (κ2) is 5.04. The fraction of sp³-hybridized carbons (Fsp3) is 0.500. The van der Waals surface area contributed by atoms with Gasteiger partial charge in [0.15, 0.2) is 5.56 Å². The molecule has 2 aromatic heterocycles. The van der Waals surface area contributed by atoms with E-state index in [9.17, 15) is 14.7 Å². The lowest BCUT2D eigenvalue weighted by atomic mass is 10.2. The number of carbonyl (C=O) groups excluding carboxylic acids is 1. The van der Waals surface area contributed by atoms with Crippen molar-refractivity contribution in [3.63, 3.8) is 0 Å². The van der Waals surface area contributed by atoms with Gasteiger partial charge in [0.2, 0.25) is 5.88 Å². The van der Waals surface area contributed by atoms with Crippen LogP contribution in [-0.2, 0) is 6.54 Å². The minimum absolute atomic E-state index is 0.0863. The zero-order valence-electron chi connectivity index (χ0n) is 12.5. The predicted octanol–water partition coefficient (Wildman–Crippen LogP) is 0.332. The molecule has 1 aliphatic carbocycles. The molecule has 4 N–H and O–H groups in total. The number of aromatic nitrogens is 3. The molecule has 1 aliphatic rings. The molecule has 118 valence electrons. The molecular formula is C14H19N5O3. The largest absolute Gasteiger partial charge is 0.494 e. The van der Waals surface area contributed by atoms with E-state index in [1.165, 1.54) is 10.6 Å². The van der Waals surface area contributed by atoms with Crippen molar-refractivity contribution >= 4 is 17.4 Å². The quantitative estimate of drug-likeness (QED) is 0.753. The normalized spacial score (nSPS) is 14.7. The summed E-state index contributed by atoms with van der Waals surface area (Å²) < 4.78 is 2.57. The zero-order valence-corrected chi connectivity index (χ0v) is 12.5. The van der Waals surface area contributed by atoms with Gasteiger partial charge in [0, 0.05) is 18.7 Å². The third-order valence-electron chi connectivity index (χ3n) is 3.56. The fourth-order valence-electron chi connectivity index (χ4n) is 2.40. The van der Waals surface area contributed by atoms with Crippen LogP contribution in [0.1, 0.15) is 37.0 Å². The number of nitrogens with one attached hydrogen (secondary N) is 1. The van der Waals surface area contributed by atoms with Crippen molar-refractivity contribution in [2.24, 2.45) is 5.92 Å². The minimum Gasteiger partial charge on any atom is -0.494 e.